The van der Waals surface area contributed by atoms with Crippen molar-refractivity contribution in [2.24, 2.45) is 0 Å². The summed E-state index contributed by atoms with van der Waals surface area (Å²) in [4.78, 5) is 12.2. The molecule has 0 saturated carbocycles. The van der Waals surface area contributed by atoms with Crippen LogP contribution in [-0.2, 0) is 11.2 Å². The van der Waals surface area contributed by atoms with Gasteiger partial charge < -0.3 is 9.84 Å². The summed E-state index contributed by atoms with van der Waals surface area (Å²) in [7, 11) is 0. The topological polar surface area (TPSA) is 55.1 Å². The second kappa shape index (κ2) is 5.58. The minimum atomic E-state index is -0.153. The van der Waals surface area contributed by atoms with E-state index in [1.54, 1.807) is 12.1 Å². The van der Waals surface area contributed by atoms with Crippen LogP contribution in [-0.4, -0.2) is 11.1 Å². The average molecular weight is 301 g/mol. The van der Waals surface area contributed by atoms with Gasteiger partial charge in [0.25, 0.3) is 0 Å². The van der Waals surface area contributed by atoms with Crippen molar-refractivity contribution in [1.82, 2.24) is 5.16 Å². The number of anilines is 1. The van der Waals surface area contributed by atoms with Crippen LogP contribution in [0.15, 0.2) is 47.0 Å². The lowest BCUT2D eigenvalue weighted by Crippen LogP contribution is -2.15. The van der Waals surface area contributed by atoms with Crippen LogP contribution in [0.2, 0.25) is 5.02 Å². The first-order chi connectivity index (χ1) is 10.1. The Morgan fingerprint density at radius 3 is 2.95 bits per heavy atom. The van der Waals surface area contributed by atoms with E-state index in [9.17, 15) is 4.79 Å². The third-order valence-corrected chi connectivity index (χ3v) is 3.49. The SMILES string of the molecule is Cc1ccc(Cl)cc1NC(=O)Cc1noc2ccccc12. The van der Waals surface area contributed by atoms with Crippen LogP contribution >= 0.6 is 11.6 Å². The van der Waals surface area contributed by atoms with Crippen molar-refractivity contribution in [2.45, 2.75) is 13.3 Å². The van der Waals surface area contributed by atoms with Gasteiger partial charge in [-0.25, -0.2) is 0 Å². The summed E-state index contributed by atoms with van der Waals surface area (Å²) < 4.78 is 5.19. The maximum atomic E-state index is 12.2. The second-order valence-corrected chi connectivity index (χ2v) is 5.25. The zero-order chi connectivity index (χ0) is 14.8. The van der Waals surface area contributed by atoms with E-state index in [0.717, 1.165) is 10.9 Å². The molecule has 3 rings (SSSR count). The molecule has 0 spiro atoms. The molecule has 0 aliphatic heterocycles. The van der Waals surface area contributed by atoms with Crippen molar-refractivity contribution in [3.63, 3.8) is 0 Å². The number of aryl methyl sites for hydroxylation is 1. The average Bonchev–Trinajstić information content (AvgIpc) is 2.86. The lowest BCUT2D eigenvalue weighted by molar-refractivity contribution is -0.115. The van der Waals surface area contributed by atoms with Gasteiger partial charge in [-0.2, -0.15) is 0 Å². The molecule has 4 nitrogen and oxygen atoms in total. The molecule has 1 aromatic heterocycles. The summed E-state index contributed by atoms with van der Waals surface area (Å²) in [5, 5.41) is 8.25. The van der Waals surface area contributed by atoms with Gasteiger partial charge in [0.15, 0.2) is 5.58 Å². The third-order valence-electron chi connectivity index (χ3n) is 3.25. The molecule has 1 heterocycles. The molecule has 0 atom stereocenters. The fraction of sp³-hybridized carbons (Fsp3) is 0.125. The summed E-state index contributed by atoms with van der Waals surface area (Å²) in [6.45, 7) is 1.91. The molecule has 5 heteroatoms. The maximum Gasteiger partial charge on any atom is 0.230 e. The van der Waals surface area contributed by atoms with Crippen LogP contribution in [0.1, 0.15) is 11.3 Å². The number of aromatic nitrogens is 1. The molecule has 106 valence electrons. The van der Waals surface area contributed by atoms with E-state index in [-0.39, 0.29) is 12.3 Å². The van der Waals surface area contributed by atoms with E-state index in [1.807, 2.05) is 37.3 Å². The van der Waals surface area contributed by atoms with Crippen molar-refractivity contribution in [3.8, 4) is 0 Å². The van der Waals surface area contributed by atoms with Crippen molar-refractivity contribution in [3.05, 3.63) is 58.7 Å². The van der Waals surface area contributed by atoms with Crippen LogP contribution in [0, 0.1) is 6.92 Å². The van der Waals surface area contributed by atoms with Crippen LogP contribution in [0.25, 0.3) is 11.0 Å². The van der Waals surface area contributed by atoms with Crippen molar-refractivity contribution < 1.29 is 9.32 Å². The van der Waals surface area contributed by atoms with E-state index in [1.165, 1.54) is 0 Å². The lowest BCUT2D eigenvalue weighted by atomic mass is 10.1. The molecule has 0 unspecified atom stereocenters. The first-order valence-electron chi connectivity index (χ1n) is 6.53. The quantitative estimate of drug-likeness (QED) is 0.796. The zero-order valence-corrected chi connectivity index (χ0v) is 12.1. The number of hydrogen-bond acceptors (Lipinski definition) is 3. The van der Waals surface area contributed by atoms with Crippen LogP contribution in [0.4, 0.5) is 5.69 Å². The molecular weight excluding hydrogens is 288 g/mol. The standard InChI is InChI=1S/C16H13ClN2O2/c1-10-6-7-11(17)8-13(10)18-16(20)9-14-12-4-2-3-5-15(12)21-19-14/h2-8H,9H2,1H3,(H,18,20). The number of carbonyl (C=O) groups is 1. The van der Waals surface area contributed by atoms with Gasteiger partial charge in [0, 0.05) is 16.1 Å². The number of nitrogens with one attached hydrogen (secondary N) is 1. The normalized spacial score (nSPS) is 10.8. The van der Waals surface area contributed by atoms with Gasteiger partial charge in [-0.1, -0.05) is 35.0 Å². The largest absolute Gasteiger partial charge is 0.356 e. The number of carbonyl (C=O) groups excluding carboxylic acids is 1. The summed E-state index contributed by atoms with van der Waals surface area (Å²) in [6.07, 6.45) is 0.156. The Morgan fingerprint density at radius 1 is 1.29 bits per heavy atom. The zero-order valence-electron chi connectivity index (χ0n) is 11.4. The molecule has 1 N–H and O–H groups in total. The number of benzene rings is 2. The number of amides is 1. The molecule has 21 heavy (non-hydrogen) atoms. The predicted octanol–water partition coefficient (Wildman–Crippen LogP) is 3.97. The maximum absolute atomic E-state index is 12.2. The van der Waals surface area contributed by atoms with Crippen molar-refractivity contribution in [2.75, 3.05) is 5.32 Å². The van der Waals surface area contributed by atoms with Gasteiger partial charge in [0.1, 0.15) is 5.69 Å². The van der Waals surface area contributed by atoms with Gasteiger partial charge in [0.2, 0.25) is 5.91 Å². The molecular formula is C16H13ClN2O2. The van der Waals surface area contributed by atoms with E-state index in [4.69, 9.17) is 16.1 Å². The highest BCUT2D eigenvalue weighted by Crippen LogP contribution is 2.22. The highest BCUT2D eigenvalue weighted by atomic mass is 35.5. The van der Waals surface area contributed by atoms with Gasteiger partial charge in [0.05, 0.1) is 6.42 Å². The molecule has 0 aliphatic carbocycles. The molecule has 0 bridgehead atoms. The summed E-state index contributed by atoms with van der Waals surface area (Å²) in [6, 6.07) is 12.9. The van der Waals surface area contributed by atoms with Gasteiger partial charge in [-0.05, 0) is 36.8 Å². The number of nitrogens with zero attached hydrogens (tertiary/aromatic N) is 1. The number of halogens is 1. The van der Waals surface area contributed by atoms with Crippen LogP contribution < -0.4 is 5.32 Å². The molecule has 0 saturated heterocycles. The van der Waals surface area contributed by atoms with Gasteiger partial charge in [-0.3, -0.25) is 4.79 Å². The fourth-order valence-corrected chi connectivity index (χ4v) is 2.31. The number of fused-ring (bicyclic) bond motifs is 1. The number of rotatable bonds is 3. The highest BCUT2D eigenvalue weighted by molar-refractivity contribution is 6.31. The predicted molar refractivity (Wildman–Crippen MR) is 82.5 cm³/mol. The van der Waals surface area contributed by atoms with Crippen molar-refractivity contribution in [1.29, 1.82) is 0 Å². The Kier molecular flexibility index (Phi) is 3.62. The Balaban J connectivity index is 1.79. The molecule has 0 radical (unpaired) electrons. The van der Waals surface area contributed by atoms with Crippen LogP contribution in [0.5, 0.6) is 0 Å². The molecule has 1 amide bonds. The Labute approximate surface area is 126 Å². The summed E-state index contributed by atoms with van der Waals surface area (Å²) in [5.74, 6) is -0.153. The molecule has 2 aromatic carbocycles. The number of hydrogen-bond donors (Lipinski definition) is 1. The molecule has 3 aromatic rings. The minimum absolute atomic E-state index is 0.153. The van der Waals surface area contributed by atoms with Gasteiger partial charge in [-0.15, -0.1) is 0 Å². The van der Waals surface area contributed by atoms with Gasteiger partial charge >= 0.3 is 0 Å². The van der Waals surface area contributed by atoms with Crippen molar-refractivity contribution >= 4 is 34.2 Å². The van der Waals surface area contributed by atoms with Crippen LogP contribution in [0.3, 0.4) is 0 Å². The smallest absolute Gasteiger partial charge is 0.230 e. The third kappa shape index (κ3) is 2.90. The fourth-order valence-electron chi connectivity index (χ4n) is 2.14. The second-order valence-electron chi connectivity index (χ2n) is 4.81. The Bertz CT molecular complexity index is 811. The first-order valence-corrected chi connectivity index (χ1v) is 6.90. The summed E-state index contributed by atoms with van der Waals surface area (Å²) >= 11 is 5.94. The highest BCUT2D eigenvalue weighted by Gasteiger charge is 2.13. The van der Waals surface area contributed by atoms with E-state index < -0.39 is 0 Å². The Hall–Kier alpha value is -2.33. The molecule has 0 aliphatic rings. The first kappa shape index (κ1) is 13.6. The number of para-hydroxylation sites is 1. The Morgan fingerprint density at radius 2 is 2.10 bits per heavy atom. The summed E-state index contributed by atoms with van der Waals surface area (Å²) in [5.41, 5.74) is 2.97. The lowest BCUT2D eigenvalue weighted by Gasteiger charge is -2.08. The van der Waals surface area contributed by atoms with E-state index in [0.29, 0.717) is 22.0 Å². The monoisotopic (exact) mass is 300 g/mol. The van der Waals surface area contributed by atoms with E-state index >= 15 is 0 Å². The molecule has 0 fully saturated rings. The van der Waals surface area contributed by atoms with E-state index in [2.05, 4.69) is 10.5 Å². The minimum Gasteiger partial charge on any atom is -0.356 e.